The Labute approximate surface area is 147 Å². The minimum Gasteiger partial charge on any atom is -0.491 e. The van der Waals surface area contributed by atoms with Gasteiger partial charge in [-0.1, -0.05) is 6.08 Å². The summed E-state index contributed by atoms with van der Waals surface area (Å²) < 4.78 is 7.78. The van der Waals surface area contributed by atoms with Crippen LogP contribution in [0.2, 0.25) is 0 Å². The molecule has 2 aliphatic rings. The average Bonchev–Trinajstić information content (AvgIpc) is 3.30. The second kappa shape index (κ2) is 6.70. The lowest BCUT2D eigenvalue weighted by Gasteiger charge is -2.33. The largest absolute Gasteiger partial charge is 0.491 e. The van der Waals surface area contributed by atoms with Crippen molar-refractivity contribution in [2.45, 2.75) is 31.7 Å². The molecule has 4 rings (SSSR count). The molecule has 6 nitrogen and oxygen atoms in total. The van der Waals surface area contributed by atoms with Gasteiger partial charge in [0.05, 0.1) is 31.2 Å². The van der Waals surface area contributed by atoms with Crippen molar-refractivity contribution >= 4 is 5.91 Å². The highest BCUT2D eigenvalue weighted by Crippen LogP contribution is 2.31. The summed E-state index contributed by atoms with van der Waals surface area (Å²) in [5.74, 6) is 1.02. The van der Waals surface area contributed by atoms with Crippen LogP contribution >= 0.6 is 0 Å². The van der Waals surface area contributed by atoms with Crippen LogP contribution in [0.1, 0.15) is 36.4 Å². The maximum atomic E-state index is 12.8. The number of carbonyl (C=O) groups excluding carboxylic acids is 1. The lowest BCUT2D eigenvalue weighted by Crippen LogP contribution is -2.40. The third-order valence-electron chi connectivity index (χ3n) is 5.00. The first kappa shape index (κ1) is 15.9. The first-order valence-electron chi connectivity index (χ1n) is 8.74. The number of fused-ring (bicyclic) bond motifs is 1. The van der Waals surface area contributed by atoms with E-state index in [0.29, 0.717) is 19.7 Å². The molecule has 0 unspecified atom stereocenters. The standard InChI is InChI=1S/C19H22N4O2/c1-22-18-12-23(19(24)14-5-2-3-6-14)11-15(17(18)10-21-22)13-25-16-7-4-8-20-9-16/h4-5,7-10,15H,2-3,6,11-13H2,1H3/t15-/m1/s1. The second-order valence-electron chi connectivity index (χ2n) is 6.67. The summed E-state index contributed by atoms with van der Waals surface area (Å²) in [4.78, 5) is 18.9. The first-order valence-corrected chi connectivity index (χ1v) is 8.74. The second-order valence-corrected chi connectivity index (χ2v) is 6.67. The molecule has 0 radical (unpaired) electrons. The van der Waals surface area contributed by atoms with Crippen LogP contribution in [-0.4, -0.2) is 38.7 Å². The molecule has 2 aromatic heterocycles. The molecule has 3 heterocycles. The molecule has 0 saturated carbocycles. The summed E-state index contributed by atoms with van der Waals surface area (Å²) in [6, 6.07) is 3.75. The van der Waals surface area contributed by atoms with Crippen molar-refractivity contribution in [3.8, 4) is 5.75 Å². The van der Waals surface area contributed by atoms with E-state index in [1.807, 2.05) is 35.0 Å². The van der Waals surface area contributed by atoms with Crippen LogP contribution < -0.4 is 4.74 Å². The normalized spacial score (nSPS) is 19.5. The van der Waals surface area contributed by atoms with Crippen molar-refractivity contribution < 1.29 is 9.53 Å². The maximum Gasteiger partial charge on any atom is 0.249 e. The maximum absolute atomic E-state index is 12.8. The van der Waals surface area contributed by atoms with Gasteiger partial charge < -0.3 is 9.64 Å². The minimum absolute atomic E-state index is 0.114. The fourth-order valence-electron chi connectivity index (χ4n) is 3.62. The number of hydrogen-bond acceptors (Lipinski definition) is 4. The zero-order valence-electron chi connectivity index (χ0n) is 14.4. The van der Waals surface area contributed by atoms with Gasteiger partial charge in [-0.05, 0) is 31.4 Å². The van der Waals surface area contributed by atoms with Gasteiger partial charge in [-0.3, -0.25) is 14.5 Å². The molecule has 1 aliphatic heterocycles. The zero-order valence-corrected chi connectivity index (χ0v) is 14.4. The van der Waals surface area contributed by atoms with Gasteiger partial charge in [0.25, 0.3) is 0 Å². The van der Waals surface area contributed by atoms with E-state index >= 15 is 0 Å². The van der Waals surface area contributed by atoms with Crippen LogP contribution in [0.3, 0.4) is 0 Å². The predicted molar refractivity (Wildman–Crippen MR) is 93.0 cm³/mol. The highest BCUT2D eigenvalue weighted by Gasteiger charge is 2.32. The Morgan fingerprint density at radius 1 is 1.40 bits per heavy atom. The fraction of sp³-hybridized carbons (Fsp3) is 0.421. The van der Waals surface area contributed by atoms with Gasteiger partial charge >= 0.3 is 0 Å². The van der Waals surface area contributed by atoms with Gasteiger partial charge in [0.2, 0.25) is 5.91 Å². The molecule has 0 saturated heterocycles. The van der Waals surface area contributed by atoms with Crippen molar-refractivity contribution in [3.63, 3.8) is 0 Å². The van der Waals surface area contributed by atoms with Crippen molar-refractivity contribution in [2.24, 2.45) is 7.05 Å². The van der Waals surface area contributed by atoms with Crippen LogP contribution in [0.25, 0.3) is 0 Å². The first-order chi connectivity index (χ1) is 12.2. The summed E-state index contributed by atoms with van der Waals surface area (Å²) >= 11 is 0. The van der Waals surface area contributed by atoms with E-state index in [-0.39, 0.29) is 11.8 Å². The Kier molecular flexibility index (Phi) is 4.26. The van der Waals surface area contributed by atoms with E-state index in [2.05, 4.69) is 16.2 Å². The predicted octanol–water partition coefficient (Wildman–Crippen LogP) is 2.43. The van der Waals surface area contributed by atoms with Crippen LogP contribution in [0.15, 0.2) is 42.4 Å². The summed E-state index contributed by atoms with van der Waals surface area (Å²) in [5, 5.41) is 4.39. The number of aryl methyl sites for hydroxylation is 1. The number of pyridine rings is 1. The lowest BCUT2D eigenvalue weighted by atomic mass is 9.95. The fourth-order valence-corrected chi connectivity index (χ4v) is 3.62. The number of nitrogens with zero attached hydrogens (tertiary/aromatic N) is 4. The van der Waals surface area contributed by atoms with E-state index < -0.39 is 0 Å². The van der Waals surface area contributed by atoms with Gasteiger partial charge in [-0.2, -0.15) is 5.10 Å². The summed E-state index contributed by atoms with van der Waals surface area (Å²) in [6.45, 7) is 1.79. The summed E-state index contributed by atoms with van der Waals surface area (Å²) in [7, 11) is 1.93. The topological polar surface area (TPSA) is 60.2 Å². The monoisotopic (exact) mass is 338 g/mol. The average molecular weight is 338 g/mol. The van der Waals surface area contributed by atoms with Crippen LogP contribution in [-0.2, 0) is 18.4 Å². The molecule has 0 fully saturated rings. The van der Waals surface area contributed by atoms with Crippen LogP contribution in [0, 0.1) is 0 Å². The third kappa shape index (κ3) is 3.16. The van der Waals surface area contributed by atoms with Gasteiger partial charge in [-0.15, -0.1) is 0 Å². The zero-order chi connectivity index (χ0) is 17.2. The number of ether oxygens (including phenoxy) is 1. The van der Waals surface area contributed by atoms with E-state index in [0.717, 1.165) is 36.3 Å². The lowest BCUT2D eigenvalue weighted by molar-refractivity contribution is -0.128. The highest BCUT2D eigenvalue weighted by molar-refractivity contribution is 5.94. The van der Waals surface area contributed by atoms with Crippen molar-refractivity contribution in [1.82, 2.24) is 19.7 Å². The number of allylic oxidation sites excluding steroid dienone is 1. The highest BCUT2D eigenvalue weighted by atomic mass is 16.5. The van der Waals surface area contributed by atoms with E-state index in [9.17, 15) is 4.79 Å². The number of carbonyl (C=O) groups is 1. The number of hydrogen-bond donors (Lipinski definition) is 0. The molecule has 0 N–H and O–H groups in total. The summed E-state index contributed by atoms with van der Waals surface area (Å²) in [5.41, 5.74) is 3.23. The van der Waals surface area contributed by atoms with Crippen molar-refractivity contribution in [2.75, 3.05) is 13.2 Å². The molecule has 6 heteroatoms. The van der Waals surface area contributed by atoms with Gasteiger partial charge in [0.15, 0.2) is 0 Å². The van der Waals surface area contributed by atoms with Gasteiger partial charge in [-0.25, -0.2) is 0 Å². The molecule has 25 heavy (non-hydrogen) atoms. The number of aromatic nitrogens is 3. The SMILES string of the molecule is Cn1ncc2c1CN(C(=O)C1=CCCC1)C[C@@H]2COc1cccnc1. The van der Waals surface area contributed by atoms with E-state index in [1.54, 1.807) is 12.4 Å². The Morgan fingerprint density at radius 2 is 2.32 bits per heavy atom. The molecule has 0 aromatic carbocycles. The van der Waals surface area contributed by atoms with Gasteiger partial charge in [0, 0.05) is 36.8 Å². The third-order valence-corrected chi connectivity index (χ3v) is 5.00. The molecule has 1 amide bonds. The van der Waals surface area contributed by atoms with Crippen LogP contribution in [0.5, 0.6) is 5.75 Å². The summed E-state index contributed by atoms with van der Waals surface area (Å²) in [6.07, 6.45) is 10.4. The Morgan fingerprint density at radius 3 is 3.08 bits per heavy atom. The molecule has 2 aromatic rings. The molecule has 1 aliphatic carbocycles. The molecule has 0 spiro atoms. The van der Waals surface area contributed by atoms with Crippen LogP contribution in [0.4, 0.5) is 0 Å². The smallest absolute Gasteiger partial charge is 0.249 e. The van der Waals surface area contributed by atoms with Gasteiger partial charge in [0.1, 0.15) is 5.75 Å². The van der Waals surface area contributed by atoms with E-state index in [4.69, 9.17) is 4.74 Å². The molecule has 130 valence electrons. The van der Waals surface area contributed by atoms with Crippen molar-refractivity contribution in [3.05, 3.63) is 53.6 Å². The minimum atomic E-state index is 0.114. The Bertz CT molecular complexity index is 797. The quantitative estimate of drug-likeness (QED) is 0.859. The molecule has 0 bridgehead atoms. The molecular weight excluding hydrogens is 316 g/mol. The number of rotatable bonds is 4. The Hall–Kier alpha value is -2.63. The van der Waals surface area contributed by atoms with Crippen molar-refractivity contribution in [1.29, 1.82) is 0 Å². The molecular formula is C19H22N4O2. The Balaban J connectivity index is 1.54. The number of amides is 1. The van der Waals surface area contributed by atoms with E-state index in [1.165, 1.54) is 5.56 Å². The molecule has 1 atom stereocenters.